The Hall–Kier alpha value is -1.39. The van der Waals surface area contributed by atoms with E-state index in [1.54, 1.807) is 0 Å². The van der Waals surface area contributed by atoms with Gasteiger partial charge < -0.3 is 5.32 Å². The van der Waals surface area contributed by atoms with Crippen molar-refractivity contribution in [1.82, 2.24) is 15.1 Å². The fraction of sp³-hybridized carbons (Fsp3) is 0.632. The number of nitrogens with one attached hydrogen (secondary N) is 1. The number of hydrogen-bond acceptors (Lipinski definition) is 3. The first kappa shape index (κ1) is 18.0. The van der Waals surface area contributed by atoms with Crippen molar-refractivity contribution in [3.63, 3.8) is 0 Å². The second-order valence-electron chi connectivity index (χ2n) is 7.13. The molecule has 4 nitrogen and oxygen atoms in total. The van der Waals surface area contributed by atoms with Crippen LogP contribution < -0.4 is 5.32 Å². The maximum Gasteiger partial charge on any atom is 0.220 e. The van der Waals surface area contributed by atoms with Crippen LogP contribution in [0.1, 0.15) is 32.8 Å². The summed E-state index contributed by atoms with van der Waals surface area (Å²) in [7, 11) is 0. The molecule has 1 atom stereocenters. The quantitative estimate of drug-likeness (QED) is 0.838. The van der Waals surface area contributed by atoms with Crippen LogP contribution in [0.5, 0.6) is 0 Å². The SMILES string of the molecule is CC(C)CC(=O)N[C@@H](C)CN1CCN(Cc2ccccc2)CC1. The van der Waals surface area contributed by atoms with E-state index in [1.165, 1.54) is 5.56 Å². The number of piperazine rings is 1. The molecule has 23 heavy (non-hydrogen) atoms. The summed E-state index contributed by atoms with van der Waals surface area (Å²) in [6, 6.07) is 10.9. The maximum absolute atomic E-state index is 11.8. The van der Waals surface area contributed by atoms with Gasteiger partial charge in [0.1, 0.15) is 0 Å². The van der Waals surface area contributed by atoms with Crippen molar-refractivity contribution in [2.75, 3.05) is 32.7 Å². The first-order valence-corrected chi connectivity index (χ1v) is 8.81. The summed E-state index contributed by atoms with van der Waals surface area (Å²) in [5.74, 6) is 0.596. The average molecular weight is 317 g/mol. The van der Waals surface area contributed by atoms with Gasteiger partial charge in [-0.15, -0.1) is 0 Å². The highest BCUT2D eigenvalue weighted by Gasteiger charge is 2.19. The van der Waals surface area contributed by atoms with Gasteiger partial charge >= 0.3 is 0 Å². The van der Waals surface area contributed by atoms with Crippen molar-refractivity contribution in [1.29, 1.82) is 0 Å². The molecule has 0 radical (unpaired) electrons. The minimum Gasteiger partial charge on any atom is -0.352 e. The zero-order valence-electron chi connectivity index (χ0n) is 14.8. The molecule has 1 heterocycles. The lowest BCUT2D eigenvalue weighted by Crippen LogP contribution is -2.50. The molecule has 1 aliphatic rings. The highest BCUT2D eigenvalue weighted by molar-refractivity contribution is 5.76. The van der Waals surface area contributed by atoms with Crippen LogP contribution in [0.15, 0.2) is 30.3 Å². The van der Waals surface area contributed by atoms with Crippen LogP contribution >= 0.6 is 0 Å². The van der Waals surface area contributed by atoms with E-state index in [-0.39, 0.29) is 11.9 Å². The highest BCUT2D eigenvalue weighted by Crippen LogP contribution is 2.09. The first-order valence-electron chi connectivity index (χ1n) is 8.81. The van der Waals surface area contributed by atoms with Crippen molar-refractivity contribution in [2.24, 2.45) is 5.92 Å². The number of rotatable bonds is 7. The fourth-order valence-corrected chi connectivity index (χ4v) is 3.11. The minimum atomic E-state index is 0.176. The Labute approximate surface area is 140 Å². The van der Waals surface area contributed by atoms with E-state index < -0.39 is 0 Å². The van der Waals surface area contributed by atoms with E-state index in [1.807, 2.05) is 0 Å². The largest absolute Gasteiger partial charge is 0.352 e. The molecular formula is C19H31N3O. The Morgan fingerprint density at radius 3 is 2.26 bits per heavy atom. The predicted octanol–water partition coefficient (Wildman–Crippen LogP) is 2.35. The van der Waals surface area contributed by atoms with Crippen LogP contribution in [-0.4, -0.2) is 54.5 Å². The van der Waals surface area contributed by atoms with Gasteiger partial charge in [-0.1, -0.05) is 44.2 Å². The lowest BCUT2D eigenvalue weighted by Gasteiger charge is -2.36. The predicted molar refractivity (Wildman–Crippen MR) is 95.2 cm³/mol. The first-order chi connectivity index (χ1) is 11.0. The normalized spacial score (nSPS) is 18.1. The van der Waals surface area contributed by atoms with Crippen molar-refractivity contribution in [3.05, 3.63) is 35.9 Å². The van der Waals surface area contributed by atoms with Gasteiger partial charge in [-0.25, -0.2) is 0 Å². The molecule has 1 saturated heterocycles. The smallest absolute Gasteiger partial charge is 0.220 e. The molecule has 1 aliphatic heterocycles. The Kier molecular flexibility index (Phi) is 7.06. The minimum absolute atomic E-state index is 0.176. The number of nitrogens with zero attached hydrogens (tertiary/aromatic N) is 2. The number of amides is 1. The van der Waals surface area contributed by atoms with E-state index in [9.17, 15) is 4.79 Å². The van der Waals surface area contributed by atoms with E-state index in [2.05, 4.69) is 66.2 Å². The molecule has 0 bridgehead atoms. The van der Waals surface area contributed by atoms with Gasteiger partial charge in [0.25, 0.3) is 0 Å². The number of carbonyl (C=O) groups excluding carboxylic acids is 1. The van der Waals surface area contributed by atoms with Gasteiger partial charge in [0.2, 0.25) is 5.91 Å². The van der Waals surface area contributed by atoms with Crippen LogP contribution in [0.2, 0.25) is 0 Å². The lowest BCUT2D eigenvalue weighted by molar-refractivity contribution is -0.122. The second-order valence-corrected chi connectivity index (χ2v) is 7.13. The number of carbonyl (C=O) groups is 1. The van der Waals surface area contributed by atoms with Gasteiger partial charge in [-0.3, -0.25) is 14.6 Å². The molecule has 0 aliphatic carbocycles. The summed E-state index contributed by atoms with van der Waals surface area (Å²) in [6.07, 6.45) is 0.620. The van der Waals surface area contributed by atoms with E-state index in [0.717, 1.165) is 39.3 Å². The maximum atomic E-state index is 11.8. The van der Waals surface area contributed by atoms with Crippen molar-refractivity contribution < 1.29 is 4.79 Å². The Morgan fingerprint density at radius 1 is 1.04 bits per heavy atom. The molecule has 0 spiro atoms. The molecule has 1 aromatic carbocycles. The molecule has 128 valence electrons. The molecule has 2 rings (SSSR count). The molecule has 1 amide bonds. The van der Waals surface area contributed by atoms with Gasteiger partial charge in [0.05, 0.1) is 0 Å². The molecule has 1 aromatic rings. The van der Waals surface area contributed by atoms with Crippen LogP contribution in [0.3, 0.4) is 0 Å². The van der Waals surface area contributed by atoms with Crippen molar-refractivity contribution in [2.45, 2.75) is 39.8 Å². The summed E-state index contributed by atoms with van der Waals surface area (Å²) in [4.78, 5) is 16.8. The number of benzene rings is 1. The summed E-state index contributed by atoms with van der Waals surface area (Å²) in [6.45, 7) is 12.6. The summed E-state index contributed by atoms with van der Waals surface area (Å²) in [5.41, 5.74) is 1.38. The van der Waals surface area contributed by atoms with Crippen LogP contribution in [0.4, 0.5) is 0 Å². The third-order valence-corrected chi connectivity index (χ3v) is 4.25. The highest BCUT2D eigenvalue weighted by atomic mass is 16.1. The summed E-state index contributed by atoms with van der Waals surface area (Å²) in [5, 5.41) is 3.12. The molecule has 0 unspecified atom stereocenters. The van der Waals surface area contributed by atoms with Gasteiger partial charge in [0.15, 0.2) is 0 Å². The summed E-state index contributed by atoms with van der Waals surface area (Å²) >= 11 is 0. The van der Waals surface area contributed by atoms with Gasteiger partial charge in [0, 0.05) is 51.7 Å². The van der Waals surface area contributed by atoms with Crippen molar-refractivity contribution in [3.8, 4) is 0 Å². The van der Waals surface area contributed by atoms with E-state index in [0.29, 0.717) is 12.3 Å². The molecule has 1 fully saturated rings. The average Bonchev–Trinajstić information content (AvgIpc) is 2.49. The Balaban J connectivity index is 1.67. The fourth-order valence-electron chi connectivity index (χ4n) is 3.11. The topological polar surface area (TPSA) is 35.6 Å². The third-order valence-electron chi connectivity index (χ3n) is 4.25. The third kappa shape index (κ3) is 6.71. The molecular weight excluding hydrogens is 286 g/mol. The monoisotopic (exact) mass is 317 g/mol. The zero-order valence-corrected chi connectivity index (χ0v) is 14.8. The lowest BCUT2D eigenvalue weighted by atomic mass is 10.1. The van der Waals surface area contributed by atoms with E-state index in [4.69, 9.17) is 0 Å². The molecule has 0 aromatic heterocycles. The molecule has 0 saturated carbocycles. The van der Waals surface area contributed by atoms with Crippen LogP contribution in [-0.2, 0) is 11.3 Å². The van der Waals surface area contributed by atoms with Crippen LogP contribution in [0.25, 0.3) is 0 Å². The standard InChI is InChI=1S/C19H31N3O/c1-16(2)13-19(23)20-17(3)14-21-9-11-22(12-10-21)15-18-7-5-4-6-8-18/h4-8,16-17H,9-15H2,1-3H3,(H,20,23)/t17-/m0/s1. The molecule has 4 heteroatoms. The number of hydrogen-bond donors (Lipinski definition) is 1. The summed E-state index contributed by atoms with van der Waals surface area (Å²) < 4.78 is 0. The zero-order chi connectivity index (χ0) is 16.7. The molecule has 1 N–H and O–H groups in total. The van der Waals surface area contributed by atoms with Crippen LogP contribution in [0, 0.1) is 5.92 Å². The van der Waals surface area contributed by atoms with Gasteiger partial charge in [-0.2, -0.15) is 0 Å². The van der Waals surface area contributed by atoms with Crippen molar-refractivity contribution >= 4 is 5.91 Å². The Morgan fingerprint density at radius 2 is 1.65 bits per heavy atom. The van der Waals surface area contributed by atoms with Gasteiger partial charge in [-0.05, 0) is 18.4 Å². The Bertz CT molecular complexity index is 467. The second kappa shape index (κ2) is 9.04. The van der Waals surface area contributed by atoms with E-state index >= 15 is 0 Å².